The molecule has 0 atom stereocenters. The highest BCUT2D eigenvalue weighted by Crippen LogP contribution is 2.31. The Hall–Kier alpha value is -3.13. The minimum absolute atomic E-state index is 0.233. The van der Waals surface area contributed by atoms with E-state index in [9.17, 15) is 4.79 Å². The summed E-state index contributed by atoms with van der Waals surface area (Å²) in [7, 11) is 0. The van der Waals surface area contributed by atoms with Gasteiger partial charge in [0.25, 0.3) is 0 Å². The molecule has 0 unspecified atom stereocenters. The quantitative estimate of drug-likeness (QED) is 0.377. The van der Waals surface area contributed by atoms with Crippen molar-refractivity contribution in [3.8, 4) is 5.75 Å². The lowest BCUT2D eigenvalue weighted by molar-refractivity contribution is -0.130. The molecular formula is C22H18O2. The summed E-state index contributed by atoms with van der Waals surface area (Å²) in [6.45, 7) is 4.03. The van der Waals surface area contributed by atoms with Crippen molar-refractivity contribution in [3.63, 3.8) is 0 Å². The Labute approximate surface area is 142 Å². The van der Waals surface area contributed by atoms with Crippen molar-refractivity contribution in [3.05, 3.63) is 114 Å². The summed E-state index contributed by atoms with van der Waals surface area (Å²) in [6, 6.07) is 28.8. The van der Waals surface area contributed by atoms with Gasteiger partial charge >= 0.3 is 5.97 Å². The number of ether oxygens (including phenoxy) is 1. The van der Waals surface area contributed by atoms with E-state index in [-0.39, 0.29) is 5.92 Å². The highest BCUT2D eigenvalue weighted by molar-refractivity contribution is 5.92. The molecule has 0 aromatic heterocycles. The van der Waals surface area contributed by atoms with Gasteiger partial charge in [-0.2, -0.15) is 0 Å². The summed E-state index contributed by atoms with van der Waals surface area (Å²) in [5, 5.41) is 0. The maximum atomic E-state index is 12.6. The highest BCUT2D eigenvalue weighted by Gasteiger charge is 2.24. The van der Waals surface area contributed by atoms with Crippen LogP contribution in [0.2, 0.25) is 0 Å². The summed E-state index contributed by atoms with van der Waals surface area (Å²) in [5.41, 5.74) is 2.44. The van der Waals surface area contributed by atoms with Crippen molar-refractivity contribution >= 4 is 5.97 Å². The van der Waals surface area contributed by atoms with Gasteiger partial charge in [-0.3, -0.25) is 0 Å². The number of carbonyl (C=O) groups excluding carboxylic acids is 1. The molecule has 3 aromatic carbocycles. The van der Waals surface area contributed by atoms with Crippen LogP contribution in [0.3, 0.4) is 0 Å². The van der Waals surface area contributed by atoms with Gasteiger partial charge in [0.15, 0.2) is 0 Å². The van der Waals surface area contributed by atoms with Crippen molar-refractivity contribution in [2.24, 2.45) is 0 Å². The molecule has 0 saturated carbocycles. The first kappa shape index (κ1) is 15.8. The summed E-state index contributed by atoms with van der Waals surface area (Å²) in [6.07, 6.45) is 0. The predicted octanol–water partition coefficient (Wildman–Crippen LogP) is 4.98. The van der Waals surface area contributed by atoms with Crippen LogP contribution in [0.5, 0.6) is 5.75 Å². The normalized spacial score (nSPS) is 10.4. The molecule has 3 rings (SSSR count). The van der Waals surface area contributed by atoms with Crippen LogP contribution in [0.25, 0.3) is 0 Å². The van der Waals surface area contributed by atoms with E-state index in [4.69, 9.17) is 4.74 Å². The molecule has 0 heterocycles. The maximum Gasteiger partial charge on any atom is 0.339 e. The molecule has 118 valence electrons. The molecule has 2 nitrogen and oxygen atoms in total. The summed E-state index contributed by atoms with van der Waals surface area (Å²) < 4.78 is 5.46. The van der Waals surface area contributed by atoms with Crippen LogP contribution in [-0.4, -0.2) is 5.97 Å². The Morgan fingerprint density at radius 1 is 0.708 bits per heavy atom. The minimum Gasteiger partial charge on any atom is -0.423 e. The van der Waals surface area contributed by atoms with Gasteiger partial charge in [0, 0.05) is 11.5 Å². The van der Waals surface area contributed by atoms with Crippen LogP contribution in [0.4, 0.5) is 0 Å². The van der Waals surface area contributed by atoms with Crippen molar-refractivity contribution in [1.82, 2.24) is 0 Å². The lowest BCUT2D eigenvalue weighted by Crippen LogP contribution is -2.17. The Morgan fingerprint density at radius 2 is 1.12 bits per heavy atom. The van der Waals surface area contributed by atoms with Crippen LogP contribution in [0.1, 0.15) is 17.0 Å². The number of rotatable bonds is 5. The smallest absolute Gasteiger partial charge is 0.339 e. The fraction of sp³-hybridized carbons (Fsp3) is 0.0455. The highest BCUT2D eigenvalue weighted by atomic mass is 16.5. The first-order valence-corrected chi connectivity index (χ1v) is 7.81. The maximum absolute atomic E-state index is 12.6. The van der Waals surface area contributed by atoms with E-state index in [0.29, 0.717) is 11.3 Å². The van der Waals surface area contributed by atoms with Crippen molar-refractivity contribution in [1.29, 1.82) is 0 Å². The van der Waals surface area contributed by atoms with E-state index in [1.165, 1.54) is 0 Å². The van der Waals surface area contributed by atoms with Crippen molar-refractivity contribution in [2.75, 3.05) is 0 Å². The average Bonchev–Trinajstić information content (AvgIpc) is 2.64. The van der Waals surface area contributed by atoms with Gasteiger partial charge < -0.3 is 4.74 Å². The average molecular weight is 314 g/mol. The number of esters is 1. The van der Waals surface area contributed by atoms with Gasteiger partial charge in [-0.15, -0.1) is 0 Å². The summed E-state index contributed by atoms with van der Waals surface area (Å²) >= 11 is 0. The second kappa shape index (κ2) is 7.42. The fourth-order valence-electron chi connectivity index (χ4n) is 2.66. The van der Waals surface area contributed by atoms with Gasteiger partial charge in [-0.25, -0.2) is 4.79 Å². The van der Waals surface area contributed by atoms with E-state index in [1.54, 1.807) is 12.1 Å². The SMILES string of the molecule is C=C(C(=O)Oc1ccccc1)C(c1ccccc1)c1ccccc1. The molecule has 24 heavy (non-hydrogen) atoms. The topological polar surface area (TPSA) is 26.3 Å². The van der Waals surface area contributed by atoms with Gasteiger partial charge in [0.05, 0.1) is 0 Å². The molecule has 0 N–H and O–H groups in total. The standard InChI is InChI=1S/C22H18O2/c1-17(22(23)24-20-15-9-4-10-16-20)21(18-11-5-2-6-12-18)19-13-7-3-8-14-19/h2-16,21H,1H2. The molecule has 3 aromatic rings. The van der Waals surface area contributed by atoms with Gasteiger partial charge in [0.2, 0.25) is 0 Å². The number of para-hydroxylation sites is 1. The molecule has 0 fully saturated rings. The van der Waals surface area contributed by atoms with Crippen LogP contribution < -0.4 is 4.74 Å². The zero-order valence-corrected chi connectivity index (χ0v) is 13.3. The number of benzene rings is 3. The zero-order valence-electron chi connectivity index (χ0n) is 13.3. The zero-order chi connectivity index (χ0) is 16.8. The van der Waals surface area contributed by atoms with Gasteiger partial charge in [-0.05, 0) is 23.3 Å². The van der Waals surface area contributed by atoms with E-state index >= 15 is 0 Å². The molecule has 0 saturated heterocycles. The Morgan fingerprint density at radius 3 is 1.58 bits per heavy atom. The van der Waals surface area contributed by atoms with Crippen LogP contribution >= 0.6 is 0 Å². The monoisotopic (exact) mass is 314 g/mol. The van der Waals surface area contributed by atoms with E-state index in [2.05, 4.69) is 6.58 Å². The second-order valence-electron chi connectivity index (χ2n) is 5.48. The van der Waals surface area contributed by atoms with Crippen molar-refractivity contribution < 1.29 is 9.53 Å². The Bertz CT molecular complexity index is 769. The molecular weight excluding hydrogens is 296 g/mol. The lowest BCUT2D eigenvalue weighted by atomic mass is 9.85. The second-order valence-corrected chi connectivity index (χ2v) is 5.48. The van der Waals surface area contributed by atoms with E-state index < -0.39 is 5.97 Å². The van der Waals surface area contributed by atoms with Crippen LogP contribution in [-0.2, 0) is 4.79 Å². The van der Waals surface area contributed by atoms with Crippen LogP contribution in [0.15, 0.2) is 103 Å². The number of hydrogen-bond donors (Lipinski definition) is 0. The van der Waals surface area contributed by atoms with Crippen molar-refractivity contribution in [2.45, 2.75) is 5.92 Å². The largest absolute Gasteiger partial charge is 0.423 e. The molecule has 2 heteroatoms. The molecule has 0 aliphatic heterocycles. The first-order chi connectivity index (χ1) is 11.8. The fourth-order valence-corrected chi connectivity index (χ4v) is 2.66. The van der Waals surface area contributed by atoms with Crippen LogP contribution in [0, 0.1) is 0 Å². The third kappa shape index (κ3) is 3.61. The molecule has 0 bridgehead atoms. The third-order valence-corrected chi connectivity index (χ3v) is 3.83. The summed E-state index contributed by atoms with van der Waals surface area (Å²) in [5.74, 6) is -0.133. The van der Waals surface area contributed by atoms with E-state index in [0.717, 1.165) is 11.1 Å². The van der Waals surface area contributed by atoms with Gasteiger partial charge in [-0.1, -0.05) is 85.4 Å². The summed E-state index contributed by atoms with van der Waals surface area (Å²) in [4.78, 5) is 12.6. The molecule has 0 radical (unpaired) electrons. The van der Waals surface area contributed by atoms with E-state index in [1.807, 2.05) is 78.9 Å². The lowest BCUT2D eigenvalue weighted by Gasteiger charge is -2.19. The first-order valence-electron chi connectivity index (χ1n) is 7.81. The third-order valence-electron chi connectivity index (χ3n) is 3.83. The number of hydrogen-bond acceptors (Lipinski definition) is 2. The Balaban J connectivity index is 1.91. The molecule has 0 aliphatic carbocycles. The molecule has 0 aliphatic rings. The number of carbonyl (C=O) groups is 1. The molecule has 0 spiro atoms. The minimum atomic E-state index is -0.418. The van der Waals surface area contributed by atoms with Gasteiger partial charge in [0.1, 0.15) is 5.75 Å². The Kier molecular flexibility index (Phi) is 4.87. The molecule has 0 amide bonds. The predicted molar refractivity (Wildman–Crippen MR) is 95.9 cm³/mol.